The van der Waals surface area contributed by atoms with Gasteiger partial charge in [-0.05, 0) is 44.2 Å². The number of benzene rings is 1. The van der Waals surface area contributed by atoms with Crippen molar-refractivity contribution in [3.63, 3.8) is 0 Å². The Hall–Kier alpha value is -2.69. The van der Waals surface area contributed by atoms with E-state index in [4.69, 9.17) is 21.3 Å². The van der Waals surface area contributed by atoms with Gasteiger partial charge in [0, 0.05) is 33.4 Å². The molecule has 1 spiro atoms. The molecule has 1 saturated heterocycles. The standard InChI is InChI=1S/C26H24ClF2N5O2S/c1-13-32-33-24-25(6-7-25)31-21(16-4-2-3-5-18(16)27)20-17-8-14(9-19(17)37-23(20)34(13)24)22(35)30-15-10-26(28,29)12-36-11-15/h2-5,14-15H,6-12H2,1H3,(H,30,35)/t14-,15+/m0/s1. The zero-order chi connectivity index (χ0) is 25.5. The molecule has 0 unspecified atom stereocenters. The van der Waals surface area contributed by atoms with Crippen molar-refractivity contribution in [3.8, 4) is 5.00 Å². The van der Waals surface area contributed by atoms with Crippen molar-refractivity contribution in [3.05, 3.63) is 62.5 Å². The summed E-state index contributed by atoms with van der Waals surface area (Å²) in [6, 6.07) is 6.99. The summed E-state index contributed by atoms with van der Waals surface area (Å²) in [4.78, 5) is 19.6. The molecule has 4 heterocycles. The second-order valence-electron chi connectivity index (χ2n) is 10.4. The Morgan fingerprint density at radius 3 is 2.81 bits per heavy atom. The molecule has 1 amide bonds. The van der Waals surface area contributed by atoms with Gasteiger partial charge in [0.1, 0.15) is 23.0 Å². The van der Waals surface area contributed by atoms with Gasteiger partial charge in [0.15, 0.2) is 5.82 Å². The first kappa shape index (κ1) is 23.4. The molecule has 1 saturated carbocycles. The predicted molar refractivity (Wildman–Crippen MR) is 135 cm³/mol. The fourth-order valence-electron chi connectivity index (χ4n) is 5.78. The summed E-state index contributed by atoms with van der Waals surface area (Å²) in [6.45, 7) is 1.45. The van der Waals surface area contributed by atoms with Crippen LogP contribution in [0.25, 0.3) is 5.00 Å². The normalized spacial score (nSPS) is 24.6. The van der Waals surface area contributed by atoms with E-state index in [-0.39, 0.29) is 18.4 Å². The van der Waals surface area contributed by atoms with Crippen LogP contribution in [0, 0.1) is 12.8 Å². The highest BCUT2D eigenvalue weighted by Crippen LogP contribution is 2.54. The number of alkyl halides is 2. The van der Waals surface area contributed by atoms with Crippen molar-refractivity contribution >= 4 is 34.6 Å². The van der Waals surface area contributed by atoms with Crippen molar-refractivity contribution in [2.45, 2.75) is 56.5 Å². The number of thiophene rings is 1. The number of ether oxygens (including phenoxy) is 1. The summed E-state index contributed by atoms with van der Waals surface area (Å²) >= 11 is 8.32. The number of carbonyl (C=O) groups excluding carboxylic acids is 1. The Labute approximate surface area is 220 Å². The van der Waals surface area contributed by atoms with E-state index in [1.807, 2.05) is 31.2 Å². The Morgan fingerprint density at radius 1 is 1.24 bits per heavy atom. The molecule has 2 aromatic heterocycles. The topological polar surface area (TPSA) is 81.4 Å². The minimum atomic E-state index is -2.92. The number of fused-ring (bicyclic) bond motifs is 6. The summed E-state index contributed by atoms with van der Waals surface area (Å²) in [6.07, 6.45) is 2.42. The first-order chi connectivity index (χ1) is 17.7. The molecule has 1 aromatic carbocycles. The highest BCUT2D eigenvalue weighted by atomic mass is 35.5. The maximum atomic E-state index is 13.8. The average Bonchev–Trinajstić information content (AvgIpc) is 3.18. The third-order valence-electron chi connectivity index (χ3n) is 7.71. The minimum Gasteiger partial charge on any atom is -0.373 e. The first-order valence-electron chi connectivity index (χ1n) is 12.4. The van der Waals surface area contributed by atoms with Gasteiger partial charge in [0.2, 0.25) is 5.91 Å². The van der Waals surface area contributed by atoms with E-state index in [2.05, 4.69) is 20.1 Å². The number of hydrogen-bond donors (Lipinski definition) is 1. The van der Waals surface area contributed by atoms with E-state index in [0.717, 1.165) is 56.8 Å². The van der Waals surface area contributed by atoms with E-state index in [0.29, 0.717) is 17.9 Å². The van der Waals surface area contributed by atoms with Crippen LogP contribution in [-0.4, -0.2) is 51.6 Å². The molecule has 2 aliphatic heterocycles. The second-order valence-corrected chi connectivity index (χ2v) is 11.9. The van der Waals surface area contributed by atoms with E-state index in [1.54, 1.807) is 11.3 Å². The van der Waals surface area contributed by atoms with Crippen LogP contribution in [0.4, 0.5) is 8.78 Å². The number of nitrogens with one attached hydrogen (secondary N) is 1. The number of aliphatic imine (C=N–C) groups is 1. The number of halogens is 3. The molecular weight excluding hydrogens is 520 g/mol. The second kappa shape index (κ2) is 8.15. The lowest BCUT2D eigenvalue weighted by Crippen LogP contribution is -2.49. The monoisotopic (exact) mass is 543 g/mol. The number of nitrogens with zero attached hydrogens (tertiary/aromatic N) is 4. The van der Waals surface area contributed by atoms with Crippen molar-refractivity contribution in [2.75, 3.05) is 13.2 Å². The lowest BCUT2D eigenvalue weighted by molar-refractivity contribution is -0.138. The van der Waals surface area contributed by atoms with Crippen LogP contribution in [-0.2, 0) is 27.9 Å². The number of aromatic nitrogens is 3. The van der Waals surface area contributed by atoms with E-state index in [1.165, 1.54) is 0 Å². The Balaban J connectivity index is 1.28. The quantitative estimate of drug-likeness (QED) is 0.531. The fourth-order valence-corrected chi connectivity index (χ4v) is 7.46. The van der Waals surface area contributed by atoms with Gasteiger partial charge in [-0.3, -0.25) is 14.4 Å². The molecule has 1 N–H and O–H groups in total. The zero-order valence-electron chi connectivity index (χ0n) is 20.1. The van der Waals surface area contributed by atoms with Crippen molar-refractivity contribution in [1.29, 1.82) is 0 Å². The minimum absolute atomic E-state index is 0.103. The summed E-state index contributed by atoms with van der Waals surface area (Å²) in [5.74, 6) is -1.83. The molecule has 0 bridgehead atoms. The predicted octanol–water partition coefficient (Wildman–Crippen LogP) is 4.39. The van der Waals surface area contributed by atoms with Crippen LogP contribution in [0.3, 0.4) is 0 Å². The SMILES string of the molecule is Cc1nnc2n1-c1sc3c(c1C(c1ccccc1Cl)=NC21CC1)C[C@H](C(=O)N[C@H]1COCC(F)(F)C1)C3. The van der Waals surface area contributed by atoms with E-state index < -0.39 is 30.5 Å². The van der Waals surface area contributed by atoms with Crippen LogP contribution in [0.2, 0.25) is 5.02 Å². The number of rotatable bonds is 3. The first-order valence-corrected chi connectivity index (χ1v) is 13.6. The number of amides is 1. The summed E-state index contributed by atoms with van der Waals surface area (Å²) in [5.41, 5.74) is 3.29. The van der Waals surface area contributed by atoms with Crippen molar-refractivity contribution < 1.29 is 18.3 Å². The number of carbonyl (C=O) groups is 1. The highest BCUT2D eigenvalue weighted by Gasteiger charge is 2.52. The van der Waals surface area contributed by atoms with Gasteiger partial charge >= 0.3 is 0 Å². The Bertz CT molecular complexity index is 1480. The number of hydrogen-bond acceptors (Lipinski definition) is 6. The van der Waals surface area contributed by atoms with Gasteiger partial charge < -0.3 is 10.1 Å². The molecule has 37 heavy (non-hydrogen) atoms. The van der Waals surface area contributed by atoms with Gasteiger partial charge in [-0.1, -0.05) is 29.8 Å². The van der Waals surface area contributed by atoms with Crippen molar-refractivity contribution in [2.24, 2.45) is 10.9 Å². The third-order valence-corrected chi connectivity index (χ3v) is 9.28. The number of aryl methyl sites for hydroxylation is 1. The van der Waals surface area contributed by atoms with Crippen LogP contribution >= 0.6 is 22.9 Å². The average molecular weight is 544 g/mol. The summed E-state index contributed by atoms with van der Waals surface area (Å²) in [5, 5.41) is 13.3. The van der Waals surface area contributed by atoms with Gasteiger partial charge in [0.25, 0.3) is 5.92 Å². The highest BCUT2D eigenvalue weighted by molar-refractivity contribution is 7.15. The van der Waals surface area contributed by atoms with Gasteiger partial charge in [-0.15, -0.1) is 21.5 Å². The largest absolute Gasteiger partial charge is 0.373 e. The van der Waals surface area contributed by atoms with Crippen LogP contribution in [0.1, 0.15) is 52.5 Å². The molecule has 11 heteroatoms. The van der Waals surface area contributed by atoms with Gasteiger partial charge in [-0.2, -0.15) is 0 Å². The van der Waals surface area contributed by atoms with E-state index in [9.17, 15) is 13.6 Å². The van der Waals surface area contributed by atoms with Crippen LogP contribution < -0.4 is 5.32 Å². The Kier molecular flexibility index (Phi) is 5.16. The smallest absolute Gasteiger partial charge is 0.273 e. The third kappa shape index (κ3) is 3.75. The molecule has 192 valence electrons. The molecule has 7 nitrogen and oxygen atoms in total. The molecule has 2 atom stereocenters. The van der Waals surface area contributed by atoms with Crippen molar-refractivity contribution in [1.82, 2.24) is 20.1 Å². The zero-order valence-corrected chi connectivity index (χ0v) is 21.6. The Morgan fingerprint density at radius 2 is 2.05 bits per heavy atom. The molecule has 4 aliphatic rings. The van der Waals surface area contributed by atoms with Crippen LogP contribution in [0.15, 0.2) is 29.3 Å². The molecule has 0 radical (unpaired) electrons. The molecular formula is C26H24ClF2N5O2S. The summed E-state index contributed by atoms with van der Waals surface area (Å²) in [7, 11) is 0. The molecule has 2 aliphatic carbocycles. The maximum absolute atomic E-state index is 13.8. The summed E-state index contributed by atoms with van der Waals surface area (Å²) < 4.78 is 34.7. The maximum Gasteiger partial charge on any atom is 0.273 e. The molecule has 3 aromatic rings. The molecule has 2 fully saturated rings. The van der Waals surface area contributed by atoms with Gasteiger partial charge in [-0.25, -0.2) is 8.78 Å². The fraction of sp³-hybridized carbons (Fsp3) is 0.462. The lowest BCUT2D eigenvalue weighted by Gasteiger charge is -2.30. The molecule has 7 rings (SSSR count). The van der Waals surface area contributed by atoms with E-state index >= 15 is 0 Å². The van der Waals surface area contributed by atoms with Gasteiger partial charge in [0.05, 0.1) is 18.4 Å². The lowest BCUT2D eigenvalue weighted by atomic mass is 9.97. The van der Waals surface area contributed by atoms with Crippen LogP contribution in [0.5, 0.6) is 0 Å².